The Morgan fingerprint density at radius 3 is 2.36 bits per heavy atom. The molecule has 1 heterocycles. The van der Waals surface area contributed by atoms with Gasteiger partial charge in [-0.25, -0.2) is 13.6 Å². The molecule has 1 aliphatic rings. The monoisotopic (exact) mass is 389 g/mol. The van der Waals surface area contributed by atoms with Crippen LogP contribution in [0.25, 0.3) is 0 Å². The van der Waals surface area contributed by atoms with E-state index in [1.54, 1.807) is 0 Å². The first-order valence-corrected chi connectivity index (χ1v) is 8.01. The van der Waals surface area contributed by atoms with Crippen molar-refractivity contribution < 1.29 is 28.1 Å². The summed E-state index contributed by atoms with van der Waals surface area (Å²) in [5.41, 5.74) is -1.61. The Morgan fingerprint density at radius 1 is 1.14 bits per heavy atom. The van der Waals surface area contributed by atoms with Gasteiger partial charge in [-0.3, -0.25) is 24.6 Å². The number of carbonyl (C=O) groups excluding carboxylic acids is 3. The number of nitro groups is 1. The SMILES string of the molecule is C[C@]1(c2ccc([N+](=O)[O-])cc2)NC(=O)N(CC(=O)c2ccc(F)c(F)c2)C1=O. The van der Waals surface area contributed by atoms with Crippen molar-refractivity contribution in [2.24, 2.45) is 0 Å². The maximum absolute atomic E-state index is 13.3. The summed E-state index contributed by atoms with van der Waals surface area (Å²) in [6.45, 7) is 0.731. The zero-order valence-electron chi connectivity index (χ0n) is 14.4. The van der Waals surface area contributed by atoms with E-state index in [1.165, 1.54) is 31.2 Å². The lowest BCUT2D eigenvalue weighted by Gasteiger charge is -2.22. The van der Waals surface area contributed by atoms with E-state index in [0.717, 1.165) is 12.1 Å². The van der Waals surface area contributed by atoms with Gasteiger partial charge in [0, 0.05) is 17.7 Å². The molecule has 2 aromatic carbocycles. The molecule has 0 radical (unpaired) electrons. The highest BCUT2D eigenvalue weighted by Crippen LogP contribution is 2.30. The van der Waals surface area contributed by atoms with Crippen molar-refractivity contribution >= 4 is 23.4 Å². The Morgan fingerprint density at radius 2 is 1.79 bits per heavy atom. The molecule has 0 bridgehead atoms. The molecule has 0 aromatic heterocycles. The zero-order valence-corrected chi connectivity index (χ0v) is 14.4. The van der Waals surface area contributed by atoms with Crippen LogP contribution in [0.4, 0.5) is 19.3 Å². The number of Topliss-reactive ketones (excluding diaryl/α,β-unsaturated/α-hetero) is 1. The summed E-state index contributed by atoms with van der Waals surface area (Å²) in [5.74, 6) is -3.85. The summed E-state index contributed by atoms with van der Waals surface area (Å²) in [6.07, 6.45) is 0. The minimum Gasteiger partial charge on any atom is -0.319 e. The molecule has 3 amide bonds. The number of non-ortho nitro benzene ring substituents is 1. The van der Waals surface area contributed by atoms with E-state index in [4.69, 9.17) is 0 Å². The normalized spacial score (nSPS) is 18.9. The third-order valence-electron chi connectivity index (χ3n) is 4.47. The molecule has 1 atom stereocenters. The molecular weight excluding hydrogens is 376 g/mol. The van der Waals surface area contributed by atoms with Gasteiger partial charge in [-0.15, -0.1) is 0 Å². The molecule has 1 N–H and O–H groups in total. The van der Waals surface area contributed by atoms with E-state index in [2.05, 4.69) is 5.32 Å². The number of ketones is 1. The van der Waals surface area contributed by atoms with E-state index >= 15 is 0 Å². The fourth-order valence-electron chi connectivity index (χ4n) is 2.86. The average Bonchev–Trinajstić information content (AvgIpc) is 2.88. The van der Waals surface area contributed by atoms with Crippen LogP contribution in [-0.4, -0.2) is 34.1 Å². The van der Waals surface area contributed by atoms with Crippen LogP contribution in [0.1, 0.15) is 22.8 Å². The molecule has 1 saturated heterocycles. The fourth-order valence-corrected chi connectivity index (χ4v) is 2.86. The Labute approximate surface area is 156 Å². The van der Waals surface area contributed by atoms with Gasteiger partial charge < -0.3 is 5.32 Å². The van der Waals surface area contributed by atoms with Crippen LogP contribution in [-0.2, 0) is 10.3 Å². The van der Waals surface area contributed by atoms with Crippen LogP contribution in [0.2, 0.25) is 0 Å². The minimum absolute atomic E-state index is 0.186. The molecule has 10 heteroatoms. The molecule has 1 aliphatic heterocycles. The summed E-state index contributed by atoms with van der Waals surface area (Å²) in [7, 11) is 0. The second-order valence-electron chi connectivity index (χ2n) is 6.30. The Kier molecular flexibility index (Phi) is 4.63. The first-order chi connectivity index (χ1) is 13.1. The molecule has 1 fully saturated rings. The summed E-state index contributed by atoms with van der Waals surface area (Å²) in [4.78, 5) is 48.1. The first-order valence-electron chi connectivity index (χ1n) is 8.01. The number of amides is 3. The minimum atomic E-state index is -1.53. The first kappa shape index (κ1) is 19.1. The third-order valence-corrected chi connectivity index (χ3v) is 4.47. The van der Waals surface area contributed by atoms with E-state index in [0.29, 0.717) is 16.5 Å². The van der Waals surface area contributed by atoms with Crippen molar-refractivity contribution in [3.05, 3.63) is 75.3 Å². The molecule has 0 spiro atoms. The highest BCUT2D eigenvalue weighted by atomic mass is 19.2. The molecule has 3 rings (SSSR count). The summed E-state index contributed by atoms with van der Waals surface area (Å²) >= 11 is 0. The molecule has 0 unspecified atom stereocenters. The zero-order chi connectivity index (χ0) is 20.6. The smallest absolute Gasteiger partial charge is 0.319 e. The van der Waals surface area contributed by atoms with Gasteiger partial charge in [0.15, 0.2) is 17.4 Å². The lowest BCUT2D eigenvalue weighted by atomic mass is 9.92. The predicted molar refractivity (Wildman–Crippen MR) is 91.4 cm³/mol. The number of imide groups is 1. The number of rotatable bonds is 5. The quantitative estimate of drug-likeness (QED) is 0.366. The van der Waals surface area contributed by atoms with Gasteiger partial charge in [0.2, 0.25) is 0 Å². The van der Waals surface area contributed by atoms with E-state index in [9.17, 15) is 33.3 Å². The number of nitro benzene ring substituents is 1. The molecular formula is C18H13F2N3O5. The van der Waals surface area contributed by atoms with Crippen molar-refractivity contribution in [1.82, 2.24) is 10.2 Å². The summed E-state index contributed by atoms with van der Waals surface area (Å²) in [5, 5.41) is 13.2. The van der Waals surface area contributed by atoms with Gasteiger partial charge in [-0.05, 0) is 42.8 Å². The van der Waals surface area contributed by atoms with Crippen LogP contribution < -0.4 is 5.32 Å². The number of nitrogens with zero attached hydrogens (tertiary/aromatic N) is 2. The largest absolute Gasteiger partial charge is 0.325 e. The van der Waals surface area contributed by atoms with E-state index in [1.807, 2.05) is 0 Å². The third kappa shape index (κ3) is 3.20. The number of hydrogen-bond donors (Lipinski definition) is 1. The van der Waals surface area contributed by atoms with E-state index < -0.39 is 46.4 Å². The second-order valence-corrected chi connectivity index (χ2v) is 6.30. The molecule has 0 aliphatic carbocycles. The highest BCUT2D eigenvalue weighted by Gasteiger charge is 2.49. The topological polar surface area (TPSA) is 110 Å². The average molecular weight is 389 g/mol. The predicted octanol–water partition coefficient (Wildman–Crippen LogP) is 2.52. The highest BCUT2D eigenvalue weighted by molar-refractivity contribution is 6.11. The lowest BCUT2D eigenvalue weighted by molar-refractivity contribution is -0.384. The van der Waals surface area contributed by atoms with Crippen LogP contribution in [0, 0.1) is 21.7 Å². The number of hydrogen-bond acceptors (Lipinski definition) is 5. The molecule has 28 heavy (non-hydrogen) atoms. The van der Waals surface area contributed by atoms with Gasteiger partial charge in [0.05, 0.1) is 11.5 Å². The van der Waals surface area contributed by atoms with Crippen LogP contribution >= 0.6 is 0 Å². The summed E-state index contributed by atoms with van der Waals surface area (Å²) < 4.78 is 26.3. The molecule has 2 aromatic rings. The fraction of sp³-hybridized carbons (Fsp3) is 0.167. The molecule has 8 nitrogen and oxygen atoms in total. The van der Waals surface area contributed by atoms with Crippen LogP contribution in [0.5, 0.6) is 0 Å². The number of halogens is 2. The number of benzene rings is 2. The van der Waals surface area contributed by atoms with Crippen molar-refractivity contribution in [2.75, 3.05) is 6.54 Å². The lowest BCUT2D eigenvalue weighted by Crippen LogP contribution is -2.41. The Hall–Kier alpha value is -3.69. The van der Waals surface area contributed by atoms with Gasteiger partial charge >= 0.3 is 6.03 Å². The number of carbonyl (C=O) groups is 3. The Bertz CT molecular complexity index is 1010. The van der Waals surface area contributed by atoms with E-state index in [-0.39, 0.29) is 11.3 Å². The molecule has 0 saturated carbocycles. The van der Waals surface area contributed by atoms with Crippen molar-refractivity contribution in [3.63, 3.8) is 0 Å². The number of urea groups is 1. The Balaban J connectivity index is 1.83. The number of nitrogens with one attached hydrogen (secondary N) is 1. The summed E-state index contributed by atoms with van der Waals surface area (Å²) in [6, 6.07) is 6.70. The maximum atomic E-state index is 13.3. The van der Waals surface area contributed by atoms with Gasteiger partial charge in [0.1, 0.15) is 5.54 Å². The standard InChI is InChI=1S/C18H13F2N3O5/c1-18(11-3-5-12(6-4-11)23(27)28)16(25)22(17(26)21-18)9-15(24)10-2-7-13(19)14(20)8-10/h2-8H,9H2,1H3,(H,21,26)/t18-/m1/s1. The van der Waals surface area contributed by atoms with Crippen molar-refractivity contribution in [1.29, 1.82) is 0 Å². The van der Waals surface area contributed by atoms with Gasteiger partial charge in [-0.1, -0.05) is 0 Å². The van der Waals surface area contributed by atoms with Crippen LogP contribution in [0.3, 0.4) is 0 Å². The van der Waals surface area contributed by atoms with Crippen LogP contribution in [0.15, 0.2) is 42.5 Å². The molecule has 144 valence electrons. The van der Waals surface area contributed by atoms with Gasteiger partial charge in [-0.2, -0.15) is 0 Å². The van der Waals surface area contributed by atoms with Crippen molar-refractivity contribution in [2.45, 2.75) is 12.5 Å². The maximum Gasteiger partial charge on any atom is 0.325 e. The van der Waals surface area contributed by atoms with Crippen molar-refractivity contribution in [3.8, 4) is 0 Å². The van der Waals surface area contributed by atoms with Gasteiger partial charge in [0.25, 0.3) is 11.6 Å². The second kappa shape index (κ2) is 6.80.